The zero-order chi connectivity index (χ0) is 22.5. The van der Waals surface area contributed by atoms with E-state index < -0.39 is 0 Å². The van der Waals surface area contributed by atoms with Crippen molar-refractivity contribution in [2.75, 3.05) is 31.1 Å². The van der Waals surface area contributed by atoms with Crippen LogP contribution in [0.4, 0.5) is 5.69 Å². The average molecular weight is 436 g/mol. The first-order valence-corrected chi connectivity index (χ1v) is 11.6. The Hall–Kier alpha value is -2.93. The summed E-state index contributed by atoms with van der Waals surface area (Å²) < 4.78 is 0. The maximum absolute atomic E-state index is 12.8. The van der Waals surface area contributed by atoms with Gasteiger partial charge >= 0.3 is 0 Å². The molecule has 4 rings (SSSR count). The molecule has 7 heteroatoms. The quantitative estimate of drug-likeness (QED) is 0.592. The van der Waals surface area contributed by atoms with Crippen molar-refractivity contribution in [3.8, 4) is 11.1 Å². The van der Waals surface area contributed by atoms with Gasteiger partial charge in [0.15, 0.2) is 0 Å². The van der Waals surface area contributed by atoms with Gasteiger partial charge in [0.1, 0.15) is 5.69 Å². The molecule has 3 heterocycles. The van der Waals surface area contributed by atoms with Crippen LogP contribution in [0.1, 0.15) is 33.1 Å². The minimum atomic E-state index is -0.0760. The van der Waals surface area contributed by atoms with Crippen molar-refractivity contribution in [2.24, 2.45) is 5.92 Å². The molecule has 0 radical (unpaired) electrons. The van der Waals surface area contributed by atoms with Crippen molar-refractivity contribution < 1.29 is 4.79 Å². The number of aromatic amines is 1. The van der Waals surface area contributed by atoms with E-state index in [4.69, 9.17) is 0 Å². The molecule has 2 aromatic heterocycles. The second kappa shape index (κ2) is 10.1. The summed E-state index contributed by atoms with van der Waals surface area (Å²) in [5.41, 5.74) is 2.61. The van der Waals surface area contributed by atoms with Gasteiger partial charge in [-0.3, -0.25) is 14.6 Å². The van der Waals surface area contributed by atoms with E-state index in [0.29, 0.717) is 37.3 Å². The van der Waals surface area contributed by atoms with E-state index in [1.165, 1.54) is 12.8 Å². The zero-order valence-corrected chi connectivity index (χ0v) is 19.0. The van der Waals surface area contributed by atoms with Crippen LogP contribution in [0.15, 0.2) is 53.7 Å². The highest BCUT2D eigenvalue weighted by atomic mass is 16.2. The van der Waals surface area contributed by atoms with Crippen molar-refractivity contribution in [2.45, 2.75) is 45.2 Å². The lowest BCUT2D eigenvalue weighted by molar-refractivity contribution is -0.125. The molecule has 2 N–H and O–H groups in total. The molecule has 7 nitrogen and oxygen atoms in total. The second-order valence-corrected chi connectivity index (χ2v) is 9.13. The number of anilines is 1. The van der Waals surface area contributed by atoms with Crippen molar-refractivity contribution in [3.05, 3.63) is 59.3 Å². The Kier molecular flexibility index (Phi) is 7.05. The number of amides is 1. The van der Waals surface area contributed by atoms with E-state index in [-0.39, 0.29) is 17.5 Å². The molecule has 0 unspecified atom stereocenters. The maximum Gasteiger partial charge on any atom is 0.271 e. The van der Waals surface area contributed by atoms with Gasteiger partial charge in [-0.2, -0.15) is 0 Å². The van der Waals surface area contributed by atoms with E-state index >= 15 is 0 Å². The first-order chi connectivity index (χ1) is 15.5. The van der Waals surface area contributed by atoms with Gasteiger partial charge in [0.05, 0.1) is 0 Å². The standard InChI is InChI=1S/C25H33N5O2/c1-18(2)27-10-3-4-24(31)29-13-9-22(17-29)30(16-19-5-6-19)23-14-21(15-28-25(23)32)20-7-11-26-12-8-20/h3-4,7-8,11-12,14-15,18-19,22,27H,5-6,9-10,13,16-17H2,1-2H3,(H,28,32)/t22-/m1/s1. The number of nitrogens with zero attached hydrogens (tertiary/aromatic N) is 3. The molecule has 2 aromatic rings. The largest absolute Gasteiger partial charge is 0.362 e. The molecule has 1 saturated heterocycles. The van der Waals surface area contributed by atoms with Crippen LogP contribution in [-0.4, -0.2) is 59.0 Å². The van der Waals surface area contributed by atoms with Crippen molar-refractivity contribution in [1.29, 1.82) is 0 Å². The summed E-state index contributed by atoms with van der Waals surface area (Å²) >= 11 is 0. The third-order valence-corrected chi connectivity index (χ3v) is 6.18. The molecular weight excluding hydrogens is 402 g/mol. The number of likely N-dealkylation sites (tertiary alicyclic amines) is 1. The predicted octanol–water partition coefficient (Wildman–Crippen LogP) is 2.81. The van der Waals surface area contributed by atoms with E-state index in [1.54, 1.807) is 24.7 Å². The number of carbonyl (C=O) groups is 1. The number of rotatable bonds is 9. The number of hydrogen-bond donors (Lipinski definition) is 2. The van der Waals surface area contributed by atoms with Crippen LogP contribution in [-0.2, 0) is 4.79 Å². The van der Waals surface area contributed by atoms with E-state index in [1.807, 2.05) is 29.2 Å². The fourth-order valence-corrected chi connectivity index (χ4v) is 4.18. The minimum Gasteiger partial charge on any atom is -0.362 e. The number of carbonyl (C=O) groups excluding carboxylic acids is 1. The summed E-state index contributed by atoms with van der Waals surface area (Å²) in [5.74, 6) is 0.676. The molecule has 1 aliphatic heterocycles. The van der Waals surface area contributed by atoms with Gasteiger partial charge in [0, 0.05) is 68.5 Å². The molecule has 32 heavy (non-hydrogen) atoms. The first kappa shape index (κ1) is 22.3. The fourth-order valence-electron chi connectivity index (χ4n) is 4.18. The van der Waals surface area contributed by atoms with Gasteiger partial charge < -0.3 is 20.1 Å². The van der Waals surface area contributed by atoms with Crippen LogP contribution < -0.4 is 15.8 Å². The maximum atomic E-state index is 12.8. The van der Waals surface area contributed by atoms with Crippen molar-refractivity contribution in [3.63, 3.8) is 0 Å². The van der Waals surface area contributed by atoms with Crippen LogP contribution in [0.3, 0.4) is 0 Å². The van der Waals surface area contributed by atoms with E-state index in [9.17, 15) is 9.59 Å². The summed E-state index contributed by atoms with van der Waals surface area (Å²) in [5, 5.41) is 3.29. The molecule has 170 valence electrons. The number of hydrogen-bond acceptors (Lipinski definition) is 5. The highest BCUT2D eigenvalue weighted by Gasteiger charge is 2.34. The minimum absolute atomic E-state index is 0.0453. The predicted molar refractivity (Wildman–Crippen MR) is 128 cm³/mol. The Bertz CT molecular complexity index is 997. The summed E-state index contributed by atoms with van der Waals surface area (Å²) in [6.07, 6.45) is 12.1. The van der Waals surface area contributed by atoms with Crippen LogP contribution in [0.2, 0.25) is 0 Å². The number of aromatic nitrogens is 2. The van der Waals surface area contributed by atoms with E-state index in [0.717, 1.165) is 24.1 Å². The summed E-state index contributed by atoms with van der Waals surface area (Å²) in [6.45, 7) is 7.08. The van der Waals surface area contributed by atoms with Crippen molar-refractivity contribution >= 4 is 11.6 Å². The molecule has 1 atom stereocenters. The van der Waals surface area contributed by atoms with Crippen molar-refractivity contribution in [1.82, 2.24) is 20.2 Å². The van der Waals surface area contributed by atoms with Gasteiger partial charge in [-0.05, 0) is 48.9 Å². The lowest BCUT2D eigenvalue weighted by Crippen LogP contribution is -2.42. The molecule has 2 fully saturated rings. The Morgan fingerprint density at radius 1 is 1.28 bits per heavy atom. The third kappa shape index (κ3) is 5.65. The summed E-state index contributed by atoms with van der Waals surface area (Å²) in [4.78, 5) is 36.7. The molecule has 0 bridgehead atoms. The molecule has 2 aliphatic rings. The monoisotopic (exact) mass is 435 g/mol. The number of H-pyrrole nitrogens is 1. The number of nitrogens with one attached hydrogen (secondary N) is 2. The Morgan fingerprint density at radius 3 is 2.78 bits per heavy atom. The lowest BCUT2D eigenvalue weighted by atomic mass is 10.1. The summed E-state index contributed by atoms with van der Waals surface area (Å²) in [6, 6.07) is 6.41. The van der Waals surface area contributed by atoms with E-state index in [2.05, 4.69) is 34.0 Å². The third-order valence-electron chi connectivity index (χ3n) is 6.18. The van der Waals surface area contributed by atoms with Gasteiger partial charge in [0.2, 0.25) is 5.91 Å². The Labute approximate surface area is 189 Å². The van der Waals surface area contributed by atoms with Crippen LogP contribution in [0.25, 0.3) is 11.1 Å². The molecule has 1 saturated carbocycles. The molecule has 0 spiro atoms. The molecule has 1 aliphatic carbocycles. The number of pyridine rings is 2. The second-order valence-electron chi connectivity index (χ2n) is 9.13. The van der Waals surface area contributed by atoms with Gasteiger partial charge in [-0.1, -0.05) is 19.9 Å². The molecule has 1 amide bonds. The smallest absolute Gasteiger partial charge is 0.271 e. The normalized spacial score (nSPS) is 18.6. The molecule has 0 aromatic carbocycles. The zero-order valence-electron chi connectivity index (χ0n) is 19.0. The Balaban J connectivity index is 1.50. The highest BCUT2D eigenvalue weighted by Crippen LogP contribution is 2.33. The van der Waals surface area contributed by atoms with Crippen LogP contribution in [0, 0.1) is 5.92 Å². The van der Waals surface area contributed by atoms with Crippen LogP contribution >= 0.6 is 0 Å². The lowest BCUT2D eigenvalue weighted by Gasteiger charge is -2.31. The summed E-state index contributed by atoms with van der Waals surface area (Å²) in [7, 11) is 0. The van der Waals surface area contributed by atoms with Gasteiger partial charge in [-0.15, -0.1) is 0 Å². The topological polar surface area (TPSA) is 81.3 Å². The average Bonchev–Trinajstić information content (AvgIpc) is 3.49. The SMILES string of the molecule is CC(C)NCC=CC(=O)N1CC[C@@H](N(CC2CC2)c2cc(-c3ccncc3)c[nH]c2=O)C1. The Morgan fingerprint density at radius 2 is 2.06 bits per heavy atom. The molecular formula is C25H33N5O2. The fraction of sp³-hybridized carbons (Fsp3) is 0.480. The first-order valence-electron chi connectivity index (χ1n) is 11.6. The van der Waals surface area contributed by atoms with Gasteiger partial charge in [-0.25, -0.2) is 0 Å². The van der Waals surface area contributed by atoms with Gasteiger partial charge in [0.25, 0.3) is 5.56 Å². The van der Waals surface area contributed by atoms with Crippen LogP contribution in [0.5, 0.6) is 0 Å². The highest BCUT2D eigenvalue weighted by molar-refractivity contribution is 5.88.